The lowest BCUT2D eigenvalue weighted by molar-refractivity contribution is -0.126. The van der Waals surface area contributed by atoms with Crippen molar-refractivity contribution < 1.29 is 14.6 Å². The molecular weight excluding hydrogens is 415 g/mol. The second-order valence-electron chi connectivity index (χ2n) is 8.52. The summed E-state index contributed by atoms with van der Waals surface area (Å²) in [7, 11) is 3.69. The van der Waals surface area contributed by atoms with Gasteiger partial charge in [-0.25, -0.2) is 9.97 Å². The number of likely N-dealkylation sites (tertiary alicyclic amines) is 1. The van der Waals surface area contributed by atoms with Crippen molar-refractivity contribution in [2.45, 2.75) is 38.7 Å². The van der Waals surface area contributed by atoms with E-state index in [2.05, 4.69) is 24.7 Å². The third-order valence-electron chi connectivity index (χ3n) is 6.54. The molecule has 7 nitrogen and oxygen atoms in total. The van der Waals surface area contributed by atoms with Gasteiger partial charge in [0.05, 0.1) is 12.6 Å². The summed E-state index contributed by atoms with van der Waals surface area (Å²) in [4.78, 5) is 23.2. The highest BCUT2D eigenvalue weighted by atomic mass is 16.5. The fourth-order valence-electron chi connectivity index (χ4n) is 4.75. The molecule has 1 saturated heterocycles. The van der Waals surface area contributed by atoms with Gasteiger partial charge in [0.25, 0.3) is 0 Å². The van der Waals surface area contributed by atoms with Gasteiger partial charge in [-0.15, -0.1) is 0 Å². The van der Waals surface area contributed by atoms with Gasteiger partial charge in [-0.05, 0) is 60.7 Å². The smallest absolute Gasteiger partial charge is 0.246 e. The van der Waals surface area contributed by atoms with E-state index < -0.39 is 0 Å². The standard InChI is InChI=1S/C25H29BN4O3/c1-5-23(32)30-13-18(9-19(30)11-26)28-25-27-12-17-8-16(6-7-20(17)29-25)24-14(2)21(31)10-22(33-4)15(24)3/h5-8,10,12,18-19,31H,1,9,11,13,26H2,2-4H3,(H,27,28,29)/t18-,19-/m0/s1. The highest BCUT2D eigenvalue weighted by molar-refractivity contribution is 6.09. The van der Waals surface area contributed by atoms with Gasteiger partial charge in [-0.3, -0.25) is 4.79 Å². The lowest BCUT2D eigenvalue weighted by atomic mass is 9.93. The number of aromatic hydroxyl groups is 1. The van der Waals surface area contributed by atoms with E-state index in [0.717, 1.165) is 45.9 Å². The summed E-state index contributed by atoms with van der Waals surface area (Å²) in [6.07, 6.45) is 4.94. The molecule has 170 valence electrons. The molecule has 1 amide bonds. The number of hydrogen-bond acceptors (Lipinski definition) is 6. The van der Waals surface area contributed by atoms with Gasteiger partial charge in [-0.1, -0.05) is 19.0 Å². The third kappa shape index (κ3) is 4.25. The number of hydrogen-bond donors (Lipinski definition) is 2. The zero-order chi connectivity index (χ0) is 23.7. The molecule has 1 aromatic heterocycles. The summed E-state index contributed by atoms with van der Waals surface area (Å²) in [5.74, 6) is 1.37. The molecule has 2 N–H and O–H groups in total. The average molecular weight is 444 g/mol. The minimum absolute atomic E-state index is 0.0349. The van der Waals surface area contributed by atoms with Crippen LogP contribution in [0.15, 0.2) is 43.1 Å². The van der Waals surface area contributed by atoms with Gasteiger partial charge in [-0.2, -0.15) is 0 Å². The SMILES string of the molecule is BC[C@@H]1C[C@H](Nc2ncc3cc(-c4c(C)c(O)cc(OC)c4C)ccc3n2)CN1C(=O)C=C. The van der Waals surface area contributed by atoms with E-state index in [1.165, 1.54) is 6.08 Å². The minimum atomic E-state index is -0.0349. The molecule has 3 aromatic rings. The number of fused-ring (bicyclic) bond motifs is 1. The number of benzene rings is 2. The molecular formula is C25H29BN4O3. The quantitative estimate of drug-likeness (QED) is 0.449. The first-order chi connectivity index (χ1) is 15.9. The van der Waals surface area contributed by atoms with Gasteiger partial charge >= 0.3 is 0 Å². The number of carbonyl (C=O) groups is 1. The maximum Gasteiger partial charge on any atom is 0.246 e. The maximum absolute atomic E-state index is 12.1. The van der Waals surface area contributed by atoms with Crippen LogP contribution in [-0.2, 0) is 4.79 Å². The number of aromatic nitrogens is 2. The van der Waals surface area contributed by atoms with Crippen molar-refractivity contribution in [1.29, 1.82) is 0 Å². The van der Waals surface area contributed by atoms with Crippen LogP contribution in [0.25, 0.3) is 22.0 Å². The van der Waals surface area contributed by atoms with Crippen LogP contribution in [0, 0.1) is 13.8 Å². The monoisotopic (exact) mass is 444 g/mol. The summed E-state index contributed by atoms with van der Waals surface area (Å²) < 4.78 is 5.43. The van der Waals surface area contributed by atoms with E-state index in [9.17, 15) is 9.90 Å². The molecule has 2 aromatic carbocycles. The molecule has 1 aliphatic rings. The molecule has 4 rings (SSSR count). The molecule has 0 unspecified atom stereocenters. The van der Waals surface area contributed by atoms with Crippen LogP contribution in [0.1, 0.15) is 17.5 Å². The fourth-order valence-corrected chi connectivity index (χ4v) is 4.75. The molecule has 0 spiro atoms. The number of nitrogens with zero attached hydrogens (tertiary/aromatic N) is 3. The first-order valence-electron chi connectivity index (χ1n) is 11.2. The Kier molecular flexibility index (Phi) is 6.27. The lowest BCUT2D eigenvalue weighted by Gasteiger charge is -2.21. The van der Waals surface area contributed by atoms with Crippen LogP contribution in [0.5, 0.6) is 11.5 Å². The number of methoxy groups -OCH3 is 1. The summed E-state index contributed by atoms with van der Waals surface area (Å²) >= 11 is 0. The van der Waals surface area contributed by atoms with E-state index in [-0.39, 0.29) is 23.7 Å². The summed E-state index contributed by atoms with van der Waals surface area (Å²) in [5, 5.41) is 14.6. The number of ether oxygens (including phenoxy) is 1. The number of amides is 1. The molecule has 8 heteroatoms. The van der Waals surface area contributed by atoms with Crippen molar-refractivity contribution >= 4 is 30.6 Å². The Morgan fingerprint density at radius 2 is 2.15 bits per heavy atom. The Bertz CT molecular complexity index is 1230. The van der Waals surface area contributed by atoms with Gasteiger partial charge < -0.3 is 20.1 Å². The topological polar surface area (TPSA) is 87.6 Å². The molecule has 0 bridgehead atoms. The first-order valence-corrected chi connectivity index (χ1v) is 11.2. The van der Waals surface area contributed by atoms with E-state index in [4.69, 9.17) is 9.72 Å². The largest absolute Gasteiger partial charge is 0.508 e. The van der Waals surface area contributed by atoms with Gasteiger partial charge in [0.15, 0.2) is 0 Å². The molecule has 2 atom stereocenters. The van der Waals surface area contributed by atoms with E-state index >= 15 is 0 Å². The van der Waals surface area contributed by atoms with E-state index in [0.29, 0.717) is 18.2 Å². The Morgan fingerprint density at radius 3 is 2.85 bits per heavy atom. The molecule has 0 aliphatic carbocycles. The molecule has 0 saturated carbocycles. The highest BCUT2D eigenvalue weighted by Crippen LogP contribution is 2.39. The van der Waals surface area contributed by atoms with Crippen molar-refractivity contribution in [3.8, 4) is 22.6 Å². The van der Waals surface area contributed by atoms with Crippen LogP contribution in [0.3, 0.4) is 0 Å². The van der Waals surface area contributed by atoms with Crippen molar-refractivity contribution in [2.24, 2.45) is 0 Å². The predicted molar refractivity (Wildman–Crippen MR) is 134 cm³/mol. The fraction of sp³-hybridized carbons (Fsp3) is 0.320. The number of rotatable bonds is 6. The number of phenolic OH excluding ortho intramolecular Hbond substituents is 1. The first kappa shape index (κ1) is 22.6. The van der Waals surface area contributed by atoms with Crippen LogP contribution >= 0.6 is 0 Å². The number of phenols is 1. The minimum Gasteiger partial charge on any atom is -0.508 e. The Morgan fingerprint density at radius 1 is 1.36 bits per heavy atom. The molecule has 2 heterocycles. The van der Waals surface area contributed by atoms with Crippen molar-refractivity contribution in [3.63, 3.8) is 0 Å². The summed E-state index contributed by atoms with van der Waals surface area (Å²) in [6.45, 7) is 8.11. The van der Waals surface area contributed by atoms with E-state index in [1.807, 2.05) is 36.9 Å². The Balaban J connectivity index is 1.60. The van der Waals surface area contributed by atoms with E-state index in [1.54, 1.807) is 19.4 Å². The van der Waals surface area contributed by atoms with Crippen LogP contribution < -0.4 is 10.1 Å². The third-order valence-corrected chi connectivity index (χ3v) is 6.54. The predicted octanol–water partition coefficient (Wildman–Crippen LogP) is 3.25. The number of anilines is 1. The molecule has 1 fully saturated rings. The second-order valence-corrected chi connectivity index (χ2v) is 8.52. The van der Waals surface area contributed by atoms with Gasteiger partial charge in [0.1, 0.15) is 19.3 Å². The zero-order valence-corrected chi connectivity index (χ0v) is 19.6. The average Bonchev–Trinajstić information content (AvgIpc) is 3.23. The van der Waals surface area contributed by atoms with Crippen LogP contribution in [0.4, 0.5) is 5.95 Å². The Hall–Kier alpha value is -3.55. The highest BCUT2D eigenvalue weighted by Gasteiger charge is 2.33. The normalized spacial score (nSPS) is 17.8. The summed E-state index contributed by atoms with van der Waals surface area (Å²) in [6, 6.07) is 7.93. The molecule has 0 radical (unpaired) electrons. The molecule has 1 aliphatic heterocycles. The second kappa shape index (κ2) is 9.14. The number of nitrogens with one attached hydrogen (secondary N) is 1. The maximum atomic E-state index is 12.1. The lowest BCUT2D eigenvalue weighted by Crippen LogP contribution is -2.35. The van der Waals surface area contributed by atoms with Crippen LogP contribution in [0.2, 0.25) is 6.32 Å². The number of carbonyl (C=O) groups excluding carboxylic acids is 1. The summed E-state index contributed by atoms with van der Waals surface area (Å²) in [5.41, 5.74) is 4.51. The molecule has 33 heavy (non-hydrogen) atoms. The van der Waals surface area contributed by atoms with Gasteiger partial charge in [0.2, 0.25) is 11.9 Å². The van der Waals surface area contributed by atoms with Gasteiger partial charge in [0, 0.05) is 36.3 Å². The van der Waals surface area contributed by atoms with Crippen molar-refractivity contribution in [1.82, 2.24) is 14.9 Å². The zero-order valence-electron chi connectivity index (χ0n) is 19.6. The van der Waals surface area contributed by atoms with Crippen LogP contribution in [-0.4, -0.2) is 59.5 Å². The van der Waals surface area contributed by atoms with Crippen molar-refractivity contribution in [2.75, 3.05) is 19.0 Å². The van der Waals surface area contributed by atoms with Crippen molar-refractivity contribution in [3.05, 3.63) is 54.2 Å². The Labute approximate surface area is 194 Å².